The van der Waals surface area contributed by atoms with E-state index in [2.05, 4.69) is 39.9 Å². The van der Waals surface area contributed by atoms with Crippen LogP contribution in [0.15, 0.2) is 0 Å². The molecule has 0 radical (unpaired) electrons. The number of rotatable bonds is 11. The standard InChI is InChI=1S/C18H37NO/c1-6-7-8-9-10-11-12-19-16-13-17(18(16,4)5)20-14-15(2)3/h15-17,19H,6-14H2,1-5H3. The second-order valence-corrected chi connectivity index (χ2v) is 7.55. The molecule has 120 valence electrons. The first-order valence-electron chi connectivity index (χ1n) is 8.83. The van der Waals surface area contributed by atoms with Crippen LogP contribution < -0.4 is 5.32 Å². The average Bonchev–Trinajstić information content (AvgIpc) is 2.39. The Hall–Kier alpha value is -0.0800. The quantitative estimate of drug-likeness (QED) is 0.551. The van der Waals surface area contributed by atoms with Gasteiger partial charge >= 0.3 is 0 Å². The normalized spacial score (nSPS) is 24.9. The maximum absolute atomic E-state index is 6.02. The molecule has 1 saturated carbocycles. The summed E-state index contributed by atoms with van der Waals surface area (Å²) in [6, 6.07) is 0.648. The summed E-state index contributed by atoms with van der Waals surface area (Å²) in [4.78, 5) is 0. The molecule has 0 saturated heterocycles. The lowest BCUT2D eigenvalue weighted by molar-refractivity contribution is -0.123. The molecule has 20 heavy (non-hydrogen) atoms. The van der Waals surface area contributed by atoms with Gasteiger partial charge in [-0.05, 0) is 25.3 Å². The largest absolute Gasteiger partial charge is 0.377 e. The van der Waals surface area contributed by atoms with Gasteiger partial charge in [0.25, 0.3) is 0 Å². The van der Waals surface area contributed by atoms with Crippen molar-refractivity contribution in [3.05, 3.63) is 0 Å². The lowest BCUT2D eigenvalue weighted by Gasteiger charge is -2.52. The molecule has 1 aliphatic carbocycles. The van der Waals surface area contributed by atoms with Crippen LogP contribution in [0, 0.1) is 11.3 Å². The molecule has 2 heteroatoms. The Labute approximate surface area is 127 Å². The first-order valence-corrected chi connectivity index (χ1v) is 8.83. The van der Waals surface area contributed by atoms with Crippen molar-refractivity contribution < 1.29 is 4.74 Å². The molecule has 0 aromatic carbocycles. The van der Waals surface area contributed by atoms with Crippen LogP contribution in [-0.2, 0) is 4.74 Å². The van der Waals surface area contributed by atoms with Crippen LogP contribution in [0.25, 0.3) is 0 Å². The molecular weight excluding hydrogens is 246 g/mol. The number of ether oxygens (including phenoxy) is 1. The van der Waals surface area contributed by atoms with Crippen molar-refractivity contribution in [1.29, 1.82) is 0 Å². The fourth-order valence-corrected chi connectivity index (χ4v) is 3.00. The van der Waals surface area contributed by atoms with E-state index in [9.17, 15) is 0 Å². The lowest BCUT2D eigenvalue weighted by atomic mass is 9.64. The van der Waals surface area contributed by atoms with Crippen LogP contribution >= 0.6 is 0 Å². The molecule has 0 heterocycles. The predicted octanol–water partition coefficient (Wildman–Crippen LogP) is 4.78. The first kappa shape index (κ1) is 18.0. The van der Waals surface area contributed by atoms with Gasteiger partial charge in [0.05, 0.1) is 6.10 Å². The van der Waals surface area contributed by atoms with E-state index in [-0.39, 0.29) is 0 Å². The Morgan fingerprint density at radius 1 is 1.10 bits per heavy atom. The van der Waals surface area contributed by atoms with Crippen molar-refractivity contribution in [3.63, 3.8) is 0 Å². The average molecular weight is 284 g/mol. The monoisotopic (exact) mass is 283 g/mol. The van der Waals surface area contributed by atoms with Crippen LogP contribution in [-0.4, -0.2) is 25.3 Å². The molecule has 0 aromatic heterocycles. The van der Waals surface area contributed by atoms with E-state index in [1.807, 2.05) is 0 Å². The second-order valence-electron chi connectivity index (χ2n) is 7.55. The molecule has 2 nitrogen and oxygen atoms in total. The summed E-state index contributed by atoms with van der Waals surface area (Å²) in [6.45, 7) is 13.5. The smallest absolute Gasteiger partial charge is 0.0656 e. The van der Waals surface area contributed by atoms with Crippen molar-refractivity contribution in [2.45, 2.75) is 91.7 Å². The minimum absolute atomic E-state index is 0.303. The highest BCUT2D eigenvalue weighted by Gasteiger charge is 2.48. The van der Waals surface area contributed by atoms with Gasteiger partial charge in [0.15, 0.2) is 0 Å². The van der Waals surface area contributed by atoms with Crippen LogP contribution in [0.2, 0.25) is 0 Å². The Balaban J connectivity index is 2.05. The molecule has 0 bridgehead atoms. The van der Waals surface area contributed by atoms with Crippen molar-refractivity contribution in [2.75, 3.05) is 13.2 Å². The summed E-state index contributed by atoms with van der Waals surface area (Å²) in [6.07, 6.45) is 9.91. The van der Waals surface area contributed by atoms with Gasteiger partial charge in [0, 0.05) is 18.1 Å². The highest BCUT2D eigenvalue weighted by Crippen LogP contribution is 2.42. The lowest BCUT2D eigenvalue weighted by Crippen LogP contribution is -2.61. The summed E-state index contributed by atoms with van der Waals surface area (Å²) < 4.78 is 6.02. The molecular formula is C18H37NO. The van der Waals surface area contributed by atoms with Crippen molar-refractivity contribution in [3.8, 4) is 0 Å². The maximum atomic E-state index is 6.02. The highest BCUT2D eigenvalue weighted by molar-refractivity contribution is 5.02. The van der Waals surface area contributed by atoms with E-state index in [1.54, 1.807) is 0 Å². The zero-order valence-corrected chi connectivity index (χ0v) is 14.5. The molecule has 1 aliphatic rings. The summed E-state index contributed by atoms with van der Waals surface area (Å²) in [5.41, 5.74) is 0.303. The van der Waals surface area contributed by atoms with Gasteiger partial charge in [-0.1, -0.05) is 66.7 Å². The summed E-state index contributed by atoms with van der Waals surface area (Å²) >= 11 is 0. The third-order valence-electron chi connectivity index (χ3n) is 4.73. The zero-order valence-electron chi connectivity index (χ0n) is 14.5. The van der Waals surface area contributed by atoms with Crippen molar-refractivity contribution >= 4 is 0 Å². The summed E-state index contributed by atoms with van der Waals surface area (Å²) in [7, 11) is 0. The van der Waals surface area contributed by atoms with Gasteiger partial charge < -0.3 is 10.1 Å². The zero-order chi connectivity index (χ0) is 15.0. The van der Waals surface area contributed by atoms with Crippen LogP contribution in [0.4, 0.5) is 0 Å². The molecule has 0 aliphatic heterocycles. The fraction of sp³-hybridized carbons (Fsp3) is 1.00. The molecule has 2 unspecified atom stereocenters. The van der Waals surface area contributed by atoms with Crippen LogP contribution in [0.1, 0.15) is 79.6 Å². The SMILES string of the molecule is CCCCCCCCNC1CC(OCC(C)C)C1(C)C. The first-order chi connectivity index (χ1) is 9.48. The molecule has 1 N–H and O–H groups in total. The fourth-order valence-electron chi connectivity index (χ4n) is 3.00. The van der Waals surface area contributed by atoms with Gasteiger partial charge in [-0.2, -0.15) is 0 Å². The van der Waals surface area contributed by atoms with Gasteiger partial charge in [-0.3, -0.25) is 0 Å². The number of hydrogen-bond donors (Lipinski definition) is 1. The third-order valence-corrected chi connectivity index (χ3v) is 4.73. The Morgan fingerprint density at radius 3 is 2.35 bits per heavy atom. The second kappa shape index (κ2) is 9.04. The van der Waals surface area contributed by atoms with Crippen LogP contribution in [0.5, 0.6) is 0 Å². The van der Waals surface area contributed by atoms with E-state index in [0.29, 0.717) is 23.5 Å². The van der Waals surface area contributed by atoms with E-state index in [4.69, 9.17) is 4.74 Å². The minimum Gasteiger partial charge on any atom is -0.377 e. The number of unbranched alkanes of at least 4 members (excludes halogenated alkanes) is 5. The molecule has 1 rings (SSSR count). The molecule has 0 aromatic rings. The molecule has 1 fully saturated rings. The maximum Gasteiger partial charge on any atom is 0.0656 e. The highest BCUT2D eigenvalue weighted by atomic mass is 16.5. The molecule has 0 amide bonds. The Bertz CT molecular complexity index is 250. The van der Waals surface area contributed by atoms with E-state index in [1.165, 1.54) is 51.5 Å². The Morgan fingerprint density at radius 2 is 1.75 bits per heavy atom. The number of nitrogens with one attached hydrogen (secondary N) is 1. The summed E-state index contributed by atoms with van der Waals surface area (Å²) in [5.74, 6) is 0.640. The van der Waals surface area contributed by atoms with Gasteiger partial charge in [-0.15, -0.1) is 0 Å². The van der Waals surface area contributed by atoms with E-state index < -0.39 is 0 Å². The van der Waals surface area contributed by atoms with Gasteiger partial charge in [0.2, 0.25) is 0 Å². The summed E-state index contributed by atoms with van der Waals surface area (Å²) in [5, 5.41) is 3.74. The van der Waals surface area contributed by atoms with Gasteiger partial charge in [-0.25, -0.2) is 0 Å². The molecule has 2 atom stereocenters. The van der Waals surface area contributed by atoms with E-state index in [0.717, 1.165) is 6.61 Å². The predicted molar refractivity (Wildman–Crippen MR) is 88.1 cm³/mol. The Kier molecular flexibility index (Phi) is 8.13. The van der Waals surface area contributed by atoms with Crippen LogP contribution in [0.3, 0.4) is 0 Å². The van der Waals surface area contributed by atoms with Crippen molar-refractivity contribution in [2.24, 2.45) is 11.3 Å². The minimum atomic E-state index is 0.303. The number of hydrogen-bond acceptors (Lipinski definition) is 2. The molecule has 0 spiro atoms. The topological polar surface area (TPSA) is 21.3 Å². The van der Waals surface area contributed by atoms with Gasteiger partial charge in [0.1, 0.15) is 0 Å². The third kappa shape index (κ3) is 5.73. The van der Waals surface area contributed by atoms with E-state index >= 15 is 0 Å². The van der Waals surface area contributed by atoms with Crippen molar-refractivity contribution in [1.82, 2.24) is 5.32 Å².